The molecule has 2 heterocycles. The van der Waals surface area contributed by atoms with Crippen molar-refractivity contribution in [3.63, 3.8) is 0 Å². The highest BCUT2D eigenvalue weighted by molar-refractivity contribution is 7.17. The summed E-state index contributed by atoms with van der Waals surface area (Å²) in [6.45, 7) is 0.428. The Morgan fingerprint density at radius 1 is 1.31 bits per heavy atom. The van der Waals surface area contributed by atoms with E-state index in [0.717, 1.165) is 17.4 Å². The zero-order valence-corrected chi connectivity index (χ0v) is 18.6. The minimum Gasteiger partial charge on any atom is -0.467 e. The number of ether oxygens (including phenoxy) is 1. The van der Waals surface area contributed by atoms with E-state index >= 15 is 0 Å². The summed E-state index contributed by atoms with van der Waals surface area (Å²) in [5, 5.41) is 2.56. The predicted octanol–water partition coefficient (Wildman–Crippen LogP) is 3.10. The molecule has 2 aromatic rings. The molecule has 2 amide bonds. The summed E-state index contributed by atoms with van der Waals surface area (Å²) in [5.74, 6) is -3.22. The summed E-state index contributed by atoms with van der Waals surface area (Å²) < 4.78 is 18.8. The fourth-order valence-corrected chi connectivity index (χ4v) is 5.26. The molecule has 11 heteroatoms. The lowest BCUT2D eigenvalue weighted by Gasteiger charge is -2.28. The summed E-state index contributed by atoms with van der Waals surface area (Å²) in [6.07, 6.45) is 1.40. The minimum absolute atomic E-state index is 0.00898. The van der Waals surface area contributed by atoms with Gasteiger partial charge in [-0.05, 0) is 25.0 Å². The third-order valence-corrected chi connectivity index (χ3v) is 6.96. The van der Waals surface area contributed by atoms with Crippen LogP contribution in [0.15, 0.2) is 18.2 Å². The topological polar surface area (TPSA) is 106 Å². The molecule has 4 rings (SSSR count). The van der Waals surface area contributed by atoms with Gasteiger partial charge in [-0.1, -0.05) is 29.0 Å². The van der Waals surface area contributed by atoms with Crippen LogP contribution in [-0.4, -0.2) is 53.1 Å². The maximum atomic E-state index is 14.0. The average Bonchev–Trinajstić information content (AvgIpc) is 3.39. The van der Waals surface area contributed by atoms with Crippen LogP contribution in [0, 0.1) is 11.7 Å². The second kappa shape index (κ2) is 8.95. The van der Waals surface area contributed by atoms with Crippen LogP contribution in [0.4, 0.5) is 9.52 Å². The molecule has 1 N–H and O–H groups in total. The highest BCUT2D eigenvalue weighted by Gasteiger charge is 2.41. The molecular weight excluding hydrogens is 461 g/mol. The molecule has 1 fully saturated rings. The van der Waals surface area contributed by atoms with E-state index in [1.807, 2.05) is 0 Å². The standard InChI is InChI=1S/C21H19ClFN3O5S/c1-31-20(30)14-6-3-7-26(14)19(29)10-8-13-17(15(27)9-10)32-21(24-13)25-18(28)16-11(22)4-2-5-12(16)23/h2,4-5,10,14H,3,6-9H2,1H3,(H,24,25,28)/t10?,14-/m0/s1. The predicted molar refractivity (Wildman–Crippen MR) is 114 cm³/mol. The minimum atomic E-state index is -0.780. The zero-order chi connectivity index (χ0) is 23.0. The number of amides is 2. The number of esters is 1. The molecule has 1 saturated heterocycles. The number of benzene rings is 1. The van der Waals surface area contributed by atoms with Gasteiger partial charge in [0.2, 0.25) is 5.91 Å². The number of thiazole rings is 1. The van der Waals surface area contributed by atoms with Gasteiger partial charge in [0.1, 0.15) is 11.9 Å². The van der Waals surface area contributed by atoms with E-state index in [-0.39, 0.29) is 40.2 Å². The monoisotopic (exact) mass is 479 g/mol. The van der Waals surface area contributed by atoms with Gasteiger partial charge in [0, 0.05) is 19.4 Å². The molecule has 168 valence electrons. The van der Waals surface area contributed by atoms with Crippen LogP contribution in [0.2, 0.25) is 5.02 Å². The van der Waals surface area contributed by atoms with Crippen molar-refractivity contribution < 1.29 is 28.3 Å². The van der Waals surface area contributed by atoms with Crippen molar-refractivity contribution in [3.05, 3.63) is 45.2 Å². The summed E-state index contributed by atoms with van der Waals surface area (Å²) in [7, 11) is 1.28. The third-order valence-electron chi connectivity index (χ3n) is 5.59. The van der Waals surface area contributed by atoms with E-state index in [4.69, 9.17) is 16.3 Å². The van der Waals surface area contributed by atoms with Gasteiger partial charge in [0.25, 0.3) is 5.91 Å². The van der Waals surface area contributed by atoms with Crippen molar-refractivity contribution in [2.75, 3.05) is 19.0 Å². The fraction of sp³-hybridized carbons (Fsp3) is 0.381. The number of anilines is 1. The van der Waals surface area contributed by atoms with Crippen molar-refractivity contribution in [2.24, 2.45) is 5.92 Å². The van der Waals surface area contributed by atoms with Crippen LogP contribution in [0.1, 0.15) is 45.0 Å². The summed E-state index contributed by atoms with van der Waals surface area (Å²) >= 11 is 6.90. The summed E-state index contributed by atoms with van der Waals surface area (Å²) in [4.78, 5) is 56.3. The van der Waals surface area contributed by atoms with Crippen LogP contribution in [0.3, 0.4) is 0 Å². The Labute approximate surface area is 191 Å². The van der Waals surface area contributed by atoms with Gasteiger partial charge in [-0.3, -0.25) is 19.7 Å². The van der Waals surface area contributed by atoms with Crippen molar-refractivity contribution in [1.29, 1.82) is 0 Å². The molecule has 0 saturated carbocycles. The molecular formula is C21H19ClFN3O5S. The van der Waals surface area contributed by atoms with E-state index in [1.165, 1.54) is 24.1 Å². The van der Waals surface area contributed by atoms with Crippen LogP contribution in [0.25, 0.3) is 0 Å². The number of nitrogens with zero attached hydrogens (tertiary/aromatic N) is 2. The number of aromatic nitrogens is 1. The van der Waals surface area contributed by atoms with Crippen LogP contribution in [0.5, 0.6) is 0 Å². The quantitative estimate of drug-likeness (QED) is 0.675. The number of likely N-dealkylation sites (tertiary alicyclic amines) is 1. The molecule has 2 atom stereocenters. The van der Waals surface area contributed by atoms with E-state index < -0.39 is 29.7 Å². The van der Waals surface area contributed by atoms with E-state index in [9.17, 15) is 23.6 Å². The second-order valence-electron chi connectivity index (χ2n) is 7.59. The molecule has 0 radical (unpaired) electrons. The molecule has 1 aromatic carbocycles. The number of ketones is 1. The molecule has 1 aliphatic heterocycles. The number of methoxy groups -OCH3 is 1. The lowest BCUT2D eigenvalue weighted by molar-refractivity contribution is -0.152. The lowest BCUT2D eigenvalue weighted by atomic mass is 9.88. The molecule has 0 spiro atoms. The average molecular weight is 480 g/mol. The molecule has 0 bridgehead atoms. The maximum Gasteiger partial charge on any atom is 0.328 e. The second-order valence-corrected chi connectivity index (χ2v) is 8.99. The molecule has 1 unspecified atom stereocenters. The number of rotatable bonds is 4. The van der Waals surface area contributed by atoms with Crippen molar-refractivity contribution in [3.8, 4) is 0 Å². The number of carbonyl (C=O) groups is 4. The van der Waals surface area contributed by atoms with Gasteiger partial charge >= 0.3 is 5.97 Å². The third kappa shape index (κ3) is 4.12. The smallest absolute Gasteiger partial charge is 0.328 e. The van der Waals surface area contributed by atoms with E-state index in [1.54, 1.807) is 0 Å². The first-order valence-electron chi connectivity index (χ1n) is 9.96. The Balaban J connectivity index is 1.51. The highest BCUT2D eigenvalue weighted by Crippen LogP contribution is 2.34. The van der Waals surface area contributed by atoms with Gasteiger partial charge in [0.05, 0.1) is 34.2 Å². The Morgan fingerprint density at radius 2 is 2.09 bits per heavy atom. The van der Waals surface area contributed by atoms with Gasteiger partial charge < -0.3 is 9.64 Å². The van der Waals surface area contributed by atoms with Crippen molar-refractivity contribution in [1.82, 2.24) is 9.88 Å². The molecule has 32 heavy (non-hydrogen) atoms. The van der Waals surface area contributed by atoms with Gasteiger partial charge in [-0.15, -0.1) is 0 Å². The van der Waals surface area contributed by atoms with Gasteiger partial charge in [0.15, 0.2) is 10.9 Å². The molecule has 2 aliphatic rings. The number of halogens is 2. The Bertz CT molecular complexity index is 1100. The van der Waals surface area contributed by atoms with Crippen LogP contribution < -0.4 is 5.32 Å². The molecule has 8 nitrogen and oxygen atoms in total. The zero-order valence-electron chi connectivity index (χ0n) is 17.0. The fourth-order valence-electron chi connectivity index (χ4n) is 4.08. The molecule has 1 aromatic heterocycles. The molecule has 1 aliphatic carbocycles. The lowest BCUT2D eigenvalue weighted by Crippen LogP contribution is -2.45. The van der Waals surface area contributed by atoms with Crippen molar-refractivity contribution >= 4 is 51.6 Å². The van der Waals surface area contributed by atoms with Crippen LogP contribution in [-0.2, 0) is 20.7 Å². The number of Topliss-reactive ketones (excluding diaryl/α,β-unsaturated/α-hetero) is 1. The number of nitrogens with one attached hydrogen (secondary N) is 1. The number of fused-ring (bicyclic) bond motifs is 1. The van der Waals surface area contributed by atoms with E-state index in [2.05, 4.69) is 10.3 Å². The maximum absolute atomic E-state index is 14.0. The first-order valence-corrected chi connectivity index (χ1v) is 11.2. The largest absolute Gasteiger partial charge is 0.467 e. The first-order chi connectivity index (χ1) is 15.3. The number of hydrogen-bond acceptors (Lipinski definition) is 7. The van der Waals surface area contributed by atoms with Crippen molar-refractivity contribution in [2.45, 2.75) is 31.7 Å². The SMILES string of the molecule is COC(=O)[C@@H]1CCCN1C(=O)C1CC(=O)c2sc(NC(=O)c3c(F)cccc3Cl)nc2C1. The summed E-state index contributed by atoms with van der Waals surface area (Å²) in [6, 6.07) is 3.26. The first kappa shape index (κ1) is 22.3. The van der Waals surface area contributed by atoms with Gasteiger partial charge in [-0.2, -0.15) is 0 Å². The van der Waals surface area contributed by atoms with Gasteiger partial charge in [-0.25, -0.2) is 14.2 Å². The van der Waals surface area contributed by atoms with E-state index in [0.29, 0.717) is 30.0 Å². The van der Waals surface area contributed by atoms with Crippen LogP contribution >= 0.6 is 22.9 Å². The Morgan fingerprint density at radius 3 is 2.81 bits per heavy atom. The summed E-state index contributed by atoms with van der Waals surface area (Å²) in [5.41, 5.74) is 0.0814. The normalized spacial score (nSPS) is 20.1. The number of hydrogen-bond donors (Lipinski definition) is 1. The number of carbonyl (C=O) groups excluding carboxylic acids is 4. The Hall–Kier alpha value is -2.85. The highest BCUT2D eigenvalue weighted by atomic mass is 35.5. The Kier molecular flexibility index (Phi) is 6.25.